The van der Waals surface area contributed by atoms with Gasteiger partial charge in [0.05, 0.1) is 10.3 Å². The minimum absolute atomic E-state index is 0.201. The van der Waals surface area contributed by atoms with Crippen LogP contribution in [0.5, 0.6) is 0 Å². The van der Waals surface area contributed by atoms with Gasteiger partial charge in [-0.15, -0.1) is 0 Å². The van der Waals surface area contributed by atoms with Crippen LogP contribution in [0.15, 0.2) is 59.8 Å². The Labute approximate surface area is 192 Å². The number of hydrogen-bond donors (Lipinski definition) is 3. The van der Waals surface area contributed by atoms with Crippen LogP contribution in [0.4, 0.5) is 11.6 Å². The van der Waals surface area contributed by atoms with E-state index in [4.69, 9.17) is 5.73 Å². The van der Waals surface area contributed by atoms with E-state index >= 15 is 0 Å². The lowest BCUT2D eigenvalue weighted by atomic mass is 10.1. The highest BCUT2D eigenvalue weighted by atomic mass is 32.2. The van der Waals surface area contributed by atoms with Crippen LogP contribution in [0.2, 0.25) is 0 Å². The van der Waals surface area contributed by atoms with Gasteiger partial charge in [0.1, 0.15) is 11.6 Å². The Hall–Kier alpha value is -3.50. The molecule has 4 N–H and O–H groups in total. The number of nitrogens with zero attached hydrogens (tertiary/aromatic N) is 4. The maximum absolute atomic E-state index is 13.2. The van der Waals surface area contributed by atoms with Crippen molar-refractivity contribution in [3.05, 3.63) is 60.4 Å². The first-order valence-electron chi connectivity index (χ1n) is 10.8. The number of fused-ring (bicyclic) bond motifs is 1. The summed E-state index contributed by atoms with van der Waals surface area (Å²) in [6.07, 6.45) is 4.98. The van der Waals surface area contributed by atoms with Crippen molar-refractivity contribution in [3.8, 4) is 11.1 Å². The molecule has 4 heterocycles. The minimum atomic E-state index is -3.56. The molecule has 0 amide bonds. The standard InChI is InChI=1S/C23H25N7O2S/c1-15-2-7-21(25-13-15)27-18-8-10-30(11-9-18)33(31,32)19-5-3-16(4-6-19)17-12-20-22(24)28-29-23(20)26-14-17/h2-7,12-14,18H,8-11H2,1H3,(H,25,27)(H3,24,26,28,29). The molecule has 0 saturated carbocycles. The molecule has 1 aromatic carbocycles. The van der Waals surface area contributed by atoms with Crippen molar-refractivity contribution in [1.82, 2.24) is 24.5 Å². The van der Waals surface area contributed by atoms with Crippen LogP contribution < -0.4 is 11.1 Å². The molecule has 10 heteroatoms. The Bertz CT molecular complexity index is 1370. The number of H-pyrrole nitrogens is 1. The normalized spacial score (nSPS) is 15.7. The van der Waals surface area contributed by atoms with Gasteiger partial charge in [0.25, 0.3) is 0 Å². The van der Waals surface area contributed by atoms with Crippen LogP contribution in [0, 0.1) is 6.92 Å². The minimum Gasteiger partial charge on any atom is -0.384 e. The Kier molecular flexibility index (Phi) is 5.47. The monoisotopic (exact) mass is 463 g/mol. The molecule has 0 unspecified atom stereocenters. The van der Waals surface area contributed by atoms with E-state index in [0.29, 0.717) is 24.6 Å². The second-order valence-corrected chi connectivity index (χ2v) is 10.2. The van der Waals surface area contributed by atoms with Gasteiger partial charge in [-0.3, -0.25) is 5.10 Å². The number of aromatic nitrogens is 4. The average molecular weight is 464 g/mol. The van der Waals surface area contributed by atoms with E-state index in [0.717, 1.165) is 40.7 Å². The molecule has 0 spiro atoms. The van der Waals surface area contributed by atoms with Crippen molar-refractivity contribution < 1.29 is 8.42 Å². The summed E-state index contributed by atoms with van der Waals surface area (Å²) in [6, 6.07) is 12.9. The Morgan fingerprint density at radius 2 is 1.79 bits per heavy atom. The zero-order chi connectivity index (χ0) is 23.0. The molecule has 4 aromatic rings. The van der Waals surface area contributed by atoms with Crippen molar-refractivity contribution >= 4 is 32.7 Å². The third kappa shape index (κ3) is 4.27. The molecule has 5 rings (SSSR count). The number of rotatable bonds is 5. The lowest BCUT2D eigenvalue weighted by Gasteiger charge is -2.32. The van der Waals surface area contributed by atoms with E-state index in [1.807, 2.05) is 31.3 Å². The number of piperidine rings is 1. The van der Waals surface area contributed by atoms with E-state index in [9.17, 15) is 8.42 Å². The third-order valence-corrected chi connectivity index (χ3v) is 7.89. The van der Waals surface area contributed by atoms with Gasteiger partial charge >= 0.3 is 0 Å². The molecule has 170 valence electrons. The molecule has 9 nitrogen and oxygen atoms in total. The first-order chi connectivity index (χ1) is 15.9. The van der Waals surface area contributed by atoms with E-state index in [2.05, 4.69) is 25.5 Å². The van der Waals surface area contributed by atoms with Gasteiger partial charge < -0.3 is 11.1 Å². The van der Waals surface area contributed by atoms with E-state index in [1.54, 1.807) is 34.8 Å². The number of aromatic amines is 1. The summed E-state index contributed by atoms with van der Waals surface area (Å²) >= 11 is 0. The van der Waals surface area contributed by atoms with Crippen LogP contribution in [-0.4, -0.2) is 52.0 Å². The smallest absolute Gasteiger partial charge is 0.243 e. The summed E-state index contributed by atoms with van der Waals surface area (Å²) in [7, 11) is -3.56. The number of sulfonamides is 1. The summed E-state index contributed by atoms with van der Waals surface area (Å²) in [4.78, 5) is 8.97. The highest BCUT2D eigenvalue weighted by molar-refractivity contribution is 7.89. The highest BCUT2D eigenvalue weighted by Crippen LogP contribution is 2.27. The van der Waals surface area contributed by atoms with E-state index < -0.39 is 10.0 Å². The Morgan fingerprint density at radius 1 is 1.03 bits per heavy atom. The molecule has 0 radical (unpaired) electrons. The number of benzene rings is 1. The highest BCUT2D eigenvalue weighted by Gasteiger charge is 2.29. The SMILES string of the molecule is Cc1ccc(NC2CCN(S(=O)(=O)c3ccc(-c4cnc5n[nH]c(N)c5c4)cc3)CC2)nc1. The fraction of sp³-hybridized carbons (Fsp3) is 0.261. The second kappa shape index (κ2) is 8.45. The molecule has 1 aliphatic rings. The number of hydrogen-bond acceptors (Lipinski definition) is 7. The number of nitrogen functional groups attached to an aromatic ring is 1. The zero-order valence-corrected chi connectivity index (χ0v) is 19.0. The van der Waals surface area contributed by atoms with Crippen molar-refractivity contribution in [3.63, 3.8) is 0 Å². The number of nitrogens with two attached hydrogens (primary N) is 1. The first-order valence-corrected chi connectivity index (χ1v) is 12.2. The lowest BCUT2D eigenvalue weighted by molar-refractivity contribution is 0.329. The van der Waals surface area contributed by atoms with Gasteiger partial charge in [0.15, 0.2) is 5.65 Å². The quantitative estimate of drug-likeness (QED) is 0.414. The number of anilines is 2. The number of pyridine rings is 2. The summed E-state index contributed by atoms with van der Waals surface area (Å²) < 4.78 is 27.9. The van der Waals surface area contributed by atoms with Crippen LogP contribution >= 0.6 is 0 Å². The van der Waals surface area contributed by atoms with Crippen LogP contribution in [0.25, 0.3) is 22.2 Å². The van der Waals surface area contributed by atoms with Crippen molar-refractivity contribution in [2.24, 2.45) is 0 Å². The van der Waals surface area contributed by atoms with Crippen molar-refractivity contribution in [2.75, 3.05) is 24.1 Å². The maximum atomic E-state index is 13.2. The Morgan fingerprint density at radius 3 is 2.48 bits per heavy atom. The van der Waals surface area contributed by atoms with Gasteiger partial charge in [-0.1, -0.05) is 18.2 Å². The molecule has 3 aromatic heterocycles. The number of nitrogens with one attached hydrogen (secondary N) is 2. The third-order valence-electron chi connectivity index (χ3n) is 5.98. The van der Waals surface area contributed by atoms with Gasteiger partial charge in [-0.25, -0.2) is 18.4 Å². The van der Waals surface area contributed by atoms with Crippen LogP contribution in [0.3, 0.4) is 0 Å². The summed E-state index contributed by atoms with van der Waals surface area (Å²) in [5, 5.41) is 10.9. The van der Waals surface area contributed by atoms with E-state index in [-0.39, 0.29) is 10.9 Å². The maximum Gasteiger partial charge on any atom is 0.243 e. The van der Waals surface area contributed by atoms with Crippen LogP contribution in [-0.2, 0) is 10.0 Å². The fourth-order valence-corrected chi connectivity index (χ4v) is 5.52. The Balaban J connectivity index is 1.27. The number of aryl methyl sites for hydroxylation is 1. The van der Waals surface area contributed by atoms with Crippen LogP contribution in [0.1, 0.15) is 18.4 Å². The van der Waals surface area contributed by atoms with Gasteiger partial charge in [0.2, 0.25) is 10.0 Å². The molecular weight excluding hydrogens is 438 g/mol. The lowest BCUT2D eigenvalue weighted by Crippen LogP contribution is -2.42. The predicted molar refractivity (Wildman–Crippen MR) is 128 cm³/mol. The largest absolute Gasteiger partial charge is 0.384 e. The van der Waals surface area contributed by atoms with Crippen molar-refractivity contribution in [2.45, 2.75) is 30.7 Å². The molecule has 1 fully saturated rings. The van der Waals surface area contributed by atoms with Gasteiger partial charge in [0, 0.05) is 37.1 Å². The summed E-state index contributed by atoms with van der Waals surface area (Å²) in [5.41, 5.74) is 9.25. The molecule has 1 aliphatic heterocycles. The predicted octanol–water partition coefficient (Wildman–Crippen LogP) is 3.18. The fourth-order valence-electron chi connectivity index (χ4n) is 4.05. The summed E-state index contributed by atoms with van der Waals surface area (Å²) in [6.45, 7) is 2.93. The topological polar surface area (TPSA) is 130 Å². The second-order valence-electron chi connectivity index (χ2n) is 8.30. The molecule has 0 aliphatic carbocycles. The first kappa shape index (κ1) is 21.4. The van der Waals surface area contributed by atoms with Gasteiger partial charge in [-0.2, -0.15) is 9.40 Å². The van der Waals surface area contributed by atoms with E-state index in [1.165, 1.54) is 0 Å². The molecule has 33 heavy (non-hydrogen) atoms. The molecule has 0 atom stereocenters. The summed E-state index contributed by atoms with van der Waals surface area (Å²) in [5.74, 6) is 1.27. The van der Waals surface area contributed by atoms with Crippen molar-refractivity contribution in [1.29, 1.82) is 0 Å². The van der Waals surface area contributed by atoms with Gasteiger partial charge in [-0.05, 0) is 55.2 Å². The molecule has 0 bridgehead atoms. The molecule has 1 saturated heterocycles. The zero-order valence-electron chi connectivity index (χ0n) is 18.2. The molecular formula is C23H25N7O2S. The average Bonchev–Trinajstić information content (AvgIpc) is 3.21.